The summed E-state index contributed by atoms with van der Waals surface area (Å²) in [7, 11) is 1.75. The Morgan fingerprint density at radius 1 is 1.52 bits per heavy atom. The van der Waals surface area contributed by atoms with E-state index in [1.54, 1.807) is 24.2 Å². The molecular formula is C17H20FN3OS. The second-order valence-electron chi connectivity index (χ2n) is 6.03. The minimum atomic E-state index is -0.176. The van der Waals surface area contributed by atoms with Gasteiger partial charge in [-0.25, -0.2) is 14.2 Å². The number of thiazole rings is 1. The third-order valence-corrected chi connectivity index (χ3v) is 5.15. The van der Waals surface area contributed by atoms with Crippen LogP contribution >= 0.6 is 11.3 Å². The third kappa shape index (κ3) is 3.37. The minimum Gasteiger partial charge on any atom is -0.331 e. The van der Waals surface area contributed by atoms with Crippen LogP contribution < -0.4 is 5.32 Å². The average molecular weight is 333 g/mol. The van der Waals surface area contributed by atoms with Gasteiger partial charge in [-0.2, -0.15) is 0 Å². The first-order chi connectivity index (χ1) is 11.1. The number of benzene rings is 1. The van der Waals surface area contributed by atoms with Crippen molar-refractivity contribution in [1.29, 1.82) is 0 Å². The van der Waals surface area contributed by atoms with Gasteiger partial charge in [0.05, 0.1) is 12.6 Å². The lowest BCUT2D eigenvalue weighted by atomic mass is 9.80. The van der Waals surface area contributed by atoms with E-state index in [1.807, 2.05) is 11.4 Å². The fraction of sp³-hybridized carbons (Fsp3) is 0.412. The number of carbonyl (C=O) groups excluding carboxylic acids is 1. The third-order valence-electron chi connectivity index (χ3n) is 4.39. The van der Waals surface area contributed by atoms with Crippen molar-refractivity contribution in [2.24, 2.45) is 5.92 Å². The van der Waals surface area contributed by atoms with Crippen molar-refractivity contribution in [3.05, 3.63) is 51.7 Å². The number of amides is 2. The maximum Gasteiger partial charge on any atom is 0.318 e. The molecule has 122 valence electrons. The normalized spacial score (nSPS) is 20.0. The summed E-state index contributed by atoms with van der Waals surface area (Å²) >= 11 is 1.52. The quantitative estimate of drug-likeness (QED) is 0.930. The van der Waals surface area contributed by atoms with Gasteiger partial charge in [0, 0.05) is 18.6 Å². The van der Waals surface area contributed by atoms with E-state index in [0.717, 1.165) is 29.0 Å². The van der Waals surface area contributed by atoms with Gasteiger partial charge in [-0.3, -0.25) is 0 Å². The van der Waals surface area contributed by atoms with Gasteiger partial charge in [0.15, 0.2) is 0 Å². The number of rotatable bonds is 3. The highest BCUT2D eigenvalue weighted by molar-refractivity contribution is 7.09. The molecule has 23 heavy (non-hydrogen) atoms. The molecule has 1 heterocycles. The number of halogens is 1. The summed E-state index contributed by atoms with van der Waals surface area (Å²) in [5.41, 5.74) is 1.64. The topological polar surface area (TPSA) is 45.2 Å². The molecule has 0 fully saturated rings. The number of aromatic nitrogens is 1. The summed E-state index contributed by atoms with van der Waals surface area (Å²) < 4.78 is 14.0. The Morgan fingerprint density at radius 2 is 2.35 bits per heavy atom. The summed E-state index contributed by atoms with van der Waals surface area (Å²) in [6.45, 7) is 2.57. The van der Waals surface area contributed by atoms with Crippen LogP contribution in [0.3, 0.4) is 0 Å². The fourth-order valence-electron chi connectivity index (χ4n) is 3.04. The van der Waals surface area contributed by atoms with Gasteiger partial charge in [-0.15, -0.1) is 11.3 Å². The molecule has 3 rings (SSSR count). The number of hydrogen-bond acceptors (Lipinski definition) is 3. The first kappa shape index (κ1) is 15.9. The summed E-state index contributed by atoms with van der Waals surface area (Å²) in [6.07, 6.45) is 3.33. The predicted octanol–water partition coefficient (Wildman–Crippen LogP) is 3.75. The van der Waals surface area contributed by atoms with Crippen molar-refractivity contribution in [1.82, 2.24) is 15.2 Å². The lowest BCUT2D eigenvalue weighted by molar-refractivity contribution is 0.195. The van der Waals surface area contributed by atoms with Crippen LogP contribution in [0.15, 0.2) is 29.8 Å². The highest BCUT2D eigenvalue weighted by Gasteiger charge is 2.30. The van der Waals surface area contributed by atoms with E-state index in [0.29, 0.717) is 6.54 Å². The summed E-state index contributed by atoms with van der Waals surface area (Å²) in [6, 6.07) is 4.81. The van der Waals surface area contributed by atoms with Crippen LogP contribution in [-0.4, -0.2) is 23.0 Å². The highest BCUT2D eigenvalue weighted by atomic mass is 32.1. The van der Waals surface area contributed by atoms with Crippen molar-refractivity contribution >= 4 is 17.4 Å². The largest absolute Gasteiger partial charge is 0.331 e. The number of fused-ring (bicyclic) bond motifs is 1. The molecule has 0 bridgehead atoms. The van der Waals surface area contributed by atoms with Gasteiger partial charge in [0.1, 0.15) is 10.8 Å². The lowest BCUT2D eigenvalue weighted by Gasteiger charge is -2.33. The van der Waals surface area contributed by atoms with Crippen molar-refractivity contribution in [2.75, 3.05) is 7.05 Å². The van der Waals surface area contributed by atoms with E-state index in [4.69, 9.17) is 0 Å². The molecular weight excluding hydrogens is 313 g/mol. The molecule has 0 radical (unpaired) electrons. The van der Waals surface area contributed by atoms with Crippen molar-refractivity contribution in [2.45, 2.75) is 32.4 Å². The van der Waals surface area contributed by atoms with Crippen LogP contribution in [0.1, 0.15) is 35.5 Å². The Hall–Kier alpha value is -1.95. The Labute approximate surface area is 139 Å². The standard InChI is InChI=1S/C17H20FN3OS/c1-11-6-7-12-13(4-3-5-14(12)18)16(11)20-17(22)21(2)10-15-19-8-9-23-15/h3-5,8-9,11,16H,6-7,10H2,1-2H3,(H,20,22)/t11-,16-/m0/s1. The molecule has 4 nitrogen and oxygen atoms in total. The Bertz CT molecular complexity index is 689. The summed E-state index contributed by atoms with van der Waals surface area (Å²) in [5, 5.41) is 5.85. The zero-order chi connectivity index (χ0) is 16.4. The smallest absolute Gasteiger partial charge is 0.318 e. The molecule has 1 aliphatic carbocycles. The maximum absolute atomic E-state index is 14.0. The minimum absolute atomic E-state index is 0.152. The van der Waals surface area contributed by atoms with Crippen molar-refractivity contribution in [3.8, 4) is 0 Å². The van der Waals surface area contributed by atoms with Crippen LogP contribution in [-0.2, 0) is 13.0 Å². The average Bonchev–Trinajstić information content (AvgIpc) is 3.03. The van der Waals surface area contributed by atoms with Gasteiger partial charge in [0.2, 0.25) is 0 Å². The Balaban J connectivity index is 1.74. The SMILES string of the molecule is C[C@H]1CCc2c(F)cccc2[C@H]1NC(=O)N(C)Cc1nccs1. The van der Waals surface area contributed by atoms with Gasteiger partial charge in [-0.05, 0) is 36.0 Å². The zero-order valence-electron chi connectivity index (χ0n) is 13.3. The van der Waals surface area contributed by atoms with E-state index in [9.17, 15) is 9.18 Å². The molecule has 0 aliphatic heterocycles. The monoisotopic (exact) mass is 333 g/mol. The lowest BCUT2D eigenvalue weighted by Crippen LogP contribution is -2.42. The zero-order valence-corrected chi connectivity index (χ0v) is 14.1. The molecule has 0 saturated heterocycles. The molecule has 2 atom stereocenters. The molecule has 0 unspecified atom stereocenters. The summed E-state index contributed by atoms with van der Waals surface area (Å²) in [4.78, 5) is 18.3. The molecule has 2 amide bonds. The number of nitrogens with zero attached hydrogens (tertiary/aromatic N) is 2. The molecule has 6 heteroatoms. The van der Waals surface area contributed by atoms with Gasteiger partial charge in [-0.1, -0.05) is 19.1 Å². The fourth-order valence-corrected chi connectivity index (χ4v) is 3.71. The molecule has 1 aromatic carbocycles. The Morgan fingerprint density at radius 3 is 3.09 bits per heavy atom. The predicted molar refractivity (Wildman–Crippen MR) is 88.7 cm³/mol. The number of carbonyl (C=O) groups is 1. The van der Waals surface area contributed by atoms with E-state index >= 15 is 0 Å². The first-order valence-electron chi connectivity index (χ1n) is 7.73. The molecule has 1 aromatic heterocycles. The molecule has 1 N–H and O–H groups in total. The Kier molecular flexibility index (Phi) is 4.61. The number of nitrogens with one attached hydrogen (secondary N) is 1. The summed E-state index contributed by atoms with van der Waals surface area (Å²) in [5.74, 6) is 0.103. The second kappa shape index (κ2) is 6.66. The second-order valence-corrected chi connectivity index (χ2v) is 7.01. The molecule has 0 spiro atoms. The van der Waals surface area contributed by atoms with E-state index in [-0.39, 0.29) is 23.8 Å². The maximum atomic E-state index is 14.0. The van der Waals surface area contributed by atoms with E-state index in [2.05, 4.69) is 17.2 Å². The number of urea groups is 1. The number of hydrogen-bond donors (Lipinski definition) is 1. The highest BCUT2D eigenvalue weighted by Crippen LogP contribution is 2.35. The van der Waals surface area contributed by atoms with Crippen molar-refractivity contribution in [3.63, 3.8) is 0 Å². The molecule has 1 aliphatic rings. The van der Waals surface area contributed by atoms with E-state index in [1.165, 1.54) is 17.4 Å². The van der Waals surface area contributed by atoms with Crippen LogP contribution in [0.2, 0.25) is 0 Å². The van der Waals surface area contributed by atoms with Gasteiger partial charge in [0.25, 0.3) is 0 Å². The van der Waals surface area contributed by atoms with Crippen LogP contribution in [0, 0.1) is 11.7 Å². The van der Waals surface area contributed by atoms with Gasteiger partial charge < -0.3 is 10.2 Å². The molecule has 2 aromatic rings. The van der Waals surface area contributed by atoms with Gasteiger partial charge >= 0.3 is 6.03 Å². The first-order valence-corrected chi connectivity index (χ1v) is 8.61. The van der Waals surface area contributed by atoms with E-state index < -0.39 is 0 Å². The van der Waals surface area contributed by atoms with Crippen LogP contribution in [0.4, 0.5) is 9.18 Å². The molecule has 0 saturated carbocycles. The van der Waals surface area contributed by atoms with Crippen LogP contribution in [0.5, 0.6) is 0 Å². The van der Waals surface area contributed by atoms with Crippen molar-refractivity contribution < 1.29 is 9.18 Å². The van der Waals surface area contributed by atoms with Crippen LogP contribution in [0.25, 0.3) is 0 Å².